The van der Waals surface area contributed by atoms with Gasteiger partial charge in [0.05, 0.1) is 27.3 Å². The van der Waals surface area contributed by atoms with E-state index >= 15 is 0 Å². The van der Waals surface area contributed by atoms with Gasteiger partial charge >= 0.3 is 0 Å². The number of amides is 2. The van der Waals surface area contributed by atoms with Crippen LogP contribution >= 0.6 is 0 Å². The molecule has 1 aliphatic heterocycles. The standard InChI is InChI=1S/C19H29N3O4/c1-13(2)21-18(23)11-20-19(24)12-22-9-5-6-16(22)15-8-7-14(25-3)10-17(15)26-4/h7-8,10,13,16H,5-6,9,11-12H2,1-4H3,(H,20,24)(H,21,23)/t16-/m0/s1. The lowest BCUT2D eigenvalue weighted by atomic mass is 10.0. The molecule has 0 aliphatic carbocycles. The fourth-order valence-corrected chi connectivity index (χ4v) is 3.25. The number of methoxy groups -OCH3 is 2. The Kier molecular flexibility index (Phi) is 7.26. The molecule has 7 nitrogen and oxygen atoms in total. The first-order valence-corrected chi connectivity index (χ1v) is 8.96. The van der Waals surface area contributed by atoms with E-state index in [0.29, 0.717) is 0 Å². The first-order valence-electron chi connectivity index (χ1n) is 8.96. The van der Waals surface area contributed by atoms with Crippen molar-refractivity contribution < 1.29 is 19.1 Å². The summed E-state index contributed by atoms with van der Waals surface area (Å²) in [6.07, 6.45) is 1.98. The van der Waals surface area contributed by atoms with Crippen molar-refractivity contribution in [2.24, 2.45) is 0 Å². The predicted octanol–water partition coefficient (Wildman–Crippen LogP) is 1.48. The van der Waals surface area contributed by atoms with Gasteiger partial charge in [0.15, 0.2) is 0 Å². The molecule has 1 heterocycles. The van der Waals surface area contributed by atoms with Gasteiger partial charge in [-0.2, -0.15) is 0 Å². The van der Waals surface area contributed by atoms with Gasteiger partial charge in [-0.25, -0.2) is 0 Å². The fourth-order valence-electron chi connectivity index (χ4n) is 3.25. The van der Waals surface area contributed by atoms with Crippen LogP contribution in [0.1, 0.15) is 38.3 Å². The SMILES string of the molecule is COc1ccc([C@@H]2CCCN2CC(=O)NCC(=O)NC(C)C)c(OC)c1. The minimum absolute atomic E-state index is 0.00137. The minimum Gasteiger partial charge on any atom is -0.497 e. The summed E-state index contributed by atoms with van der Waals surface area (Å²) in [6, 6.07) is 5.94. The molecule has 1 saturated heterocycles. The molecular formula is C19H29N3O4. The minimum atomic E-state index is -0.178. The number of nitrogens with zero attached hydrogens (tertiary/aromatic N) is 1. The maximum Gasteiger partial charge on any atom is 0.239 e. The molecule has 144 valence electrons. The smallest absolute Gasteiger partial charge is 0.239 e. The zero-order valence-electron chi connectivity index (χ0n) is 16.0. The molecule has 2 amide bonds. The van der Waals surface area contributed by atoms with Gasteiger partial charge in [-0.15, -0.1) is 0 Å². The van der Waals surface area contributed by atoms with E-state index in [0.717, 1.165) is 36.4 Å². The molecule has 1 aromatic rings. The lowest BCUT2D eigenvalue weighted by Gasteiger charge is -2.25. The number of ether oxygens (including phenoxy) is 2. The van der Waals surface area contributed by atoms with Crippen LogP contribution in [0.15, 0.2) is 18.2 Å². The first-order chi connectivity index (χ1) is 12.4. The highest BCUT2D eigenvalue weighted by Crippen LogP contribution is 2.38. The third-order valence-corrected chi connectivity index (χ3v) is 4.41. The molecule has 0 unspecified atom stereocenters. The molecule has 1 atom stereocenters. The Morgan fingerprint density at radius 2 is 2.00 bits per heavy atom. The summed E-state index contributed by atoms with van der Waals surface area (Å²) in [5, 5.41) is 5.45. The van der Waals surface area contributed by atoms with E-state index in [1.807, 2.05) is 32.0 Å². The lowest BCUT2D eigenvalue weighted by molar-refractivity contribution is -0.127. The Hall–Kier alpha value is -2.28. The molecule has 0 bridgehead atoms. The molecule has 0 saturated carbocycles. The van der Waals surface area contributed by atoms with E-state index in [2.05, 4.69) is 15.5 Å². The van der Waals surface area contributed by atoms with Crippen LogP contribution in [-0.2, 0) is 9.59 Å². The molecule has 1 fully saturated rings. The van der Waals surface area contributed by atoms with Crippen LogP contribution in [0.5, 0.6) is 11.5 Å². The highest BCUT2D eigenvalue weighted by atomic mass is 16.5. The molecular weight excluding hydrogens is 334 g/mol. The predicted molar refractivity (Wildman–Crippen MR) is 99.4 cm³/mol. The van der Waals surface area contributed by atoms with Gasteiger partial charge in [-0.1, -0.05) is 6.07 Å². The number of hydrogen-bond acceptors (Lipinski definition) is 5. The van der Waals surface area contributed by atoms with Crippen LogP contribution in [0.3, 0.4) is 0 Å². The van der Waals surface area contributed by atoms with E-state index in [1.165, 1.54) is 0 Å². The Labute approximate surface area is 155 Å². The average molecular weight is 363 g/mol. The van der Waals surface area contributed by atoms with Gasteiger partial charge in [0.1, 0.15) is 11.5 Å². The quantitative estimate of drug-likeness (QED) is 0.731. The average Bonchev–Trinajstić information content (AvgIpc) is 3.06. The molecule has 26 heavy (non-hydrogen) atoms. The van der Waals surface area contributed by atoms with Crippen molar-refractivity contribution in [3.63, 3.8) is 0 Å². The monoisotopic (exact) mass is 363 g/mol. The second-order valence-corrected chi connectivity index (χ2v) is 6.74. The highest BCUT2D eigenvalue weighted by Gasteiger charge is 2.29. The number of rotatable bonds is 8. The van der Waals surface area contributed by atoms with Crippen LogP contribution < -0.4 is 20.1 Å². The maximum atomic E-state index is 12.2. The summed E-state index contributed by atoms with van der Waals surface area (Å²) >= 11 is 0. The van der Waals surface area contributed by atoms with Crippen molar-refractivity contribution in [2.45, 2.75) is 38.8 Å². The van der Waals surface area contributed by atoms with Crippen LogP contribution in [0.25, 0.3) is 0 Å². The molecule has 0 aromatic heterocycles. The van der Waals surface area contributed by atoms with Gasteiger partial charge in [0, 0.05) is 23.7 Å². The summed E-state index contributed by atoms with van der Waals surface area (Å²) in [5.41, 5.74) is 1.05. The summed E-state index contributed by atoms with van der Waals surface area (Å²) in [6.45, 7) is 4.87. The van der Waals surface area contributed by atoms with Gasteiger partial charge in [0.25, 0.3) is 0 Å². The summed E-state index contributed by atoms with van der Waals surface area (Å²) in [4.78, 5) is 26.0. The van der Waals surface area contributed by atoms with Crippen molar-refractivity contribution in [1.29, 1.82) is 0 Å². The Balaban J connectivity index is 1.97. The number of nitrogens with one attached hydrogen (secondary N) is 2. The van der Waals surface area contributed by atoms with E-state index in [-0.39, 0.29) is 37.0 Å². The van der Waals surface area contributed by atoms with E-state index in [9.17, 15) is 9.59 Å². The number of benzene rings is 1. The Morgan fingerprint density at radius 1 is 1.23 bits per heavy atom. The number of likely N-dealkylation sites (tertiary alicyclic amines) is 1. The highest BCUT2D eigenvalue weighted by molar-refractivity contribution is 5.85. The Morgan fingerprint density at radius 3 is 2.65 bits per heavy atom. The topological polar surface area (TPSA) is 79.9 Å². The molecule has 0 radical (unpaired) electrons. The van der Waals surface area contributed by atoms with Crippen molar-refractivity contribution in [1.82, 2.24) is 15.5 Å². The van der Waals surface area contributed by atoms with E-state index in [1.54, 1.807) is 14.2 Å². The lowest BCUT2D eigenvalue weighted by Crippen LogP contribution is -2.43. The molecule has 2 N–H and O–H groups in total. The van der Waals surface area contributed by atoms with E-state index < -0.39 is 0 Å². The summed E-state index contributed by atoms with van der Waals surface area (Å²) < 4.78 is 10.8. The Bertz CT molecular complexity index is 633. The number of carbonyl (C=O) groups excluding carboxylic acids is 2. The number of carbonyl (C=O) groups is 2. The second-order valence-electron chi connectivity index (χ2n) is 6.74. The maximum absolute atomic E-state index is 12.2. The zero-order valence-corrected chi connectivity index (χ0v) is 16.0. The first kappa shape index (κ1) is 20.0. The fraction of sp³-hybridized carbons (Fsp3) is 0.579. The summed E-state index contributed by atoms with van der Waals surface area (Å²) in [7, 11) is 3.26. The van der Waals surface area contributed by atoms with Crippen molar-refractivity contribution in [3.05, 3.63) is 23.8 Å². The van der Waals surface area contributed by atoms with Gasteiger partial charge in [0.2, 0.25) is 11.8 Å². The van der Waals surface area contributed by atoms with E-state index in [4.69, 9.17) is 9.47 Å². The van der Waals surface area contributed by atoms with Crippen molar-refractivity contribution in [3.8, 4) is 11.5 Å². The number of hydrogen-bond donors (Lipinski definition) is 2. The largest absolute Gasteiger partial charge is 0.497 e. The molecule has 2 rings (SSSR count). The van der Waals surface area contributed by atoms with Gasteiger partial charge in [-0.3, -0.25) is 14.5 Å². The zero-order chi connectivity index (χ0) is 19.1. The molecule has 7 heteroatoms. The molecule has 0 spiro atoms. The van der Waals surface area contributed by atoms with Crippen LogP contribution in [0.2, 0.25) is 0 Å². The van der Waals surface area contributed by atoms with Crippen LogP contribution in [0, 0.1) is 0 Å². The summed E-state index contributed by atoms with van der Waals surface area (Å²) in [5.74, 6) is 1.17. The van der Waals surface area contributed by atoms with Crippen LogP contribution in [0.4, 0.5) is 0 Å². The van der Waals surface area contributed by atoms with Gasteiger partial charge < -0.3 is 20.1 Å². The van der Waals surface area contributed by atoms with Crippen LogP contribution in [-0.4, -0.2) is 56.6 Å². The third kappa shape index (κ3) is 5.36. The normalized spacial score (nSPS) is 17.2. The molecule has 1 aliphatic rings. The van der Waals surface area contributed by atoms with Crippen molar-refractivity contribution >= 4 is 11.8 Å². The second kappa shape index (κ2) is 9.43. The van der Waals surface area contributed by atoms with Gasteiger partial charge in [-0.05, 0) is 39.3 Å². The molecule has 1 aromatic carbocycles. The van der Waals surface area contributed by atoms with Crippen molar-refractivity contribution in [2.75, 3.05) is 33.9 Å². The third-order valence-electron chi connectivity index (χ3n) is 4.41.